The van der Waals surface area contributed by atoms with Crippen LogP contribution in [0, 0.1) is 0 Å². The van der Waals surface area contributed by atoms with Crippen LogP contribution in [-0.2, 0) is 0 Å². The van der Waals surface area contributed by atoms with Gasteiger partial charge in [0.05, 0.1) is 28.6 Å². The highest BCUT2D eigenvalue weighted by molar-refractivity contribution is 6.04. The Morgan fingerprint density at radius 3 is 2.74 bits per heavy atom. The predicted octanol–water partition coefficient (Wildman–Crippen LogP) is 1.77. The SMILES string of the molecule is O=C(Nc1cnccc1N1CCNCC1)c1cccc(-n2c(=O)[nH]c3ccccc32)n1. The van der Waals surface area contributed by atoms with E-state index >= 15 is 0 Å². The number of amides is 1. The minimum Gasteiger partial charge on any atom is -0.367 e. The van der Waals surface area contributed by atoms with Crippen LogP contribution < -0.4 is 21.2 Å². The van der Waals surface area contributed by atoms with E-state index < -0.39 is 0 Å². The van der Waals surface area contributed by atoms with Gasteiger partial charge in [-0.15, -0.1) is 0 Å². The van der Waals surface area contributed by atoms with Crippen molar-refractivity contribution in [2.24, 2.45) is 0 Å². The number of H-pyrrole nitrogens is 1. The van der Waals surface area contributed by atoms with E-state index in [-0.39, 0.29) is 17.3 Å². The Morgan fingerprint density at radius 2 is 1.87 bits per heavy atom. The van der Waals surface area contributed by atoms with Gasteiger partial charge in [-0.2, -0.15) is 0 Å². The number of hydrogen-bond donors (Lipinski definition) is 3. The molecule has 0 radical (unpaired) electrons. The molecule has 31 heavy (non-hydrogen) atoms. The number of aromatic nitrogens is 4. The lowest BCUT2D eigenvalue weighted by Gasteiger charge is -2.30. The van der Waals surface area contributed by atoms with E-state index in [0.29, 0.717) is 22.5 Å². The summed E-state index contributed by atoms with van der Waals surface area (Å²) in [4.78, 5) is 39.1. The number of anilines is 2. The number of para-hydroxylation sites is 2. The van der Waals surface area contributed by atoms with E-state index in [2.05, 4.69) is 30.5 Å². The molecule has 3 aromatic heterocycles. The van der Waals surface area contributed by atoms with E-state index in [1.165, 1.54) is 4.57 Å². The zero-order valence-corrected chi connectivity index (χ0v) is 16.7. The molecule has 3 N–H and O–H groups in total. The van der Waals surface area contributed by atoms with Crippen molar-refractivity contribution >= 4 is 28.3 Å². The molecule has 1 fully saturated rings. The lowest BCUT2D eigenvalue weighted by molar-refractivity contribution is 0.102. The maximum atomic E-state index is 13.0. The van der Waals surface area contributed by atoms with Crippen LogP contribution in [0.15, 0.2) is 65.7 Å². The number of benzene rings is 1. The summed E-state index contributed by atoms with van der Waals surface area (Å²) in [6.45, 7) is 3.48. The average Bonchev–Trinajstić information content (AvgIpc) is 3.16. The van der Waals surface area contributed by atoms with Crippen LogP contribution in [0.5, 0.6) is 0 Å². The summed E-state index contributed by atoms with van der Waals surface area (Å²) in [6.07, 6.45) is 3.36. The molecule has 0 bridgehead atoms. The molecule has 0 spiro atoms. The average molecular weight is 415 g/mol. The van der Waals surface area contributed by atoms with Crippen LogP contribution in [-0.4, -0.2) is 51.6 Å². The Balaban J connectivity index is 1.45. The van der Waals surface area contributed by atoms with Crippen LogP contribution in [0.3, 0.4) is 0 Å². The highest BCUT2D eigenvalue weighted by Crippen LogP contribution is 2.25. The third-order valence-electron chi connectivity index (χ3n) is 5.29. The molecule has 1 aliphatic heterocycles. The zero-order valence-electron chi connectivity index (χ0n) is 16.7. The Hall–Kier alpha value is -3.98. The monoisotopic (exact) mass is 415 g/mol. The number of aromatic amines is 1. The van der Waals surface area contributed by atoms with Crippen LogP contribution in [0.25, 0.3) is 16.9 Å². The number of carbonyl (C=O) groups is 1. The minimum atomic E-state index is -0.362. The molecule has 1 saturated heterocycles. The Labute approximate surface area is 177 Å². The molecule has 4 heterocycles. The van der Waals surface area contributed by atoms with E-state index in [4.69, 9.17) is 0 Å². The first-order chi connectivity index (χ1) is 15.2. The summed E-state index contributed by atoms with van der Waals surface area (Å²) in [7, 11) is 0. The van der Waals surface area contributed by atoms with Gasteiger partial charge in [0, 0.05) is 32.4 Å². The molecular formula is C22H21N7O2. The van der Waals surface area contributed by atoms with Gasteiger partial charge in [0.25, 0.3) is 5.91 Å². The number of piperazine rings is 1. The van der Waals surface area contributed by atoms with E-state index in [1.807, 2.05) is 30.3 Å². The molecule has 4 aromatic rings. The largest absolute Gasteiger partial charge is 0.367 e. The van der Waals surface area contributed by atoms with Crippen LogP contribution in [0.1, 0.15) is 10.5 Å². The number of fused-ring (bicyclic) bond motifs is 1. The fourth-order valence-electron chi connectivity index (χ4n) is 3.81. The van der Waals surface area contributed by atoms with Crippen molar-refractivity contribution in [2.45, 2.75) is 0 Å². The lowest BCUT2D eigenvalue weighted by atomic mass is 10.2. The molecular weight excluding hydrogens is 394 g/mol. The van der Waals surface area contributed by atoms with Gasteiger partial charge in [-0.05, 0) is 30.3 Å². The topological polar surface area (TPSA) is 108 Å². The van der Waals surface area contributed by atoms with Gasteiger partial charge in [-0.1, -0.05) is 18.2 Å². The Morgan fingerprint density at radius 1 is 1.03 bits per heavy atom. The first-order valence-corrected chi connectivity index (χ1v) is 10.1. The van der Waals surface area contributed by atoms with Crippen molar-refractivity contribution in [3.63, 3.8) is 0 Å². The number of rotatable bonds is 4. The van der Waals surface area contributed by atoms with Gasteiger partial charge >= 0.3 is 5.69 Å². The van der Waals surface area contributed by atoms with Gasteiger partial charge in [0.1, 0.15) is 11.5 Å². The summed E-state index contributed by atoms with van der Waals surface area (Å²) in [5.74, 6) is 0.0164. The molecule has 0 aliphatic carbocycles. The van der Waals surface area contributed by atoms with Crippen molar-refractivity contribution in [2.75, 3.05) is 36.4 Å². The van der Waals surface area contributed by atoms with Crippen molar-refractivity contribution < 1.29 is 4.79 Å². The Bertz CT molecular complexity index is 1300. The number of pyridine rings is 2. The molecule has 5 rings (SSSR count). The number of carbonyl (C=O) groups excluding carboxylic acids is 1. The second-order valence-corrected chi connectivity index (χ2v) is 7.25. The van der Waals surface area contributed by atoms with Gasteiger partial charge in [0.2, 0.25) is 0 Å². The number of nitrogens with zero attached hydrogens (tertiary/aromatic N) is 4. The fourth-order valence-corrected chi connectivity index (χ4v) is 3.81. The van der Waals surface area contributed by atoms with Crippen molar-refractivity contribution in [1.29, 1.82) is 0 Å². The normalized spacial score (nSPS) is 14.0. The molecule has 9 nitrogen and oxygen atoms in total. The standard InChI is InChI=1S/C22H21N7O2/c30-21(26-17-14-24-9-8-18(17)28-12-10-23-11-13-28)16-5-3-7-20(25-16)29-19-6-2-1-4-15(19)27-22(29)31/h1-9,14,23H,10-13H2,(H,26,30)(H,27,31). The third-order valence-corrected chi connectivity index (χ3v) is 5.29. The maximum Gasteiger partial charge on any atom is 0.332 e. The van der Waals surface area contributed by atoms with Crippen molar-refractivity contribution in [3.8, 4) is 5.82 Å². The zero-order chi connectivity index (χ0) is 21.2. The van der Waals surface area contributed by atoms with Gasteiger partial charge in [0.15, 0.2) is 0 Å². The van der Waals surface area contributed by atoms with E-state index in [0.717, 1.165) is 31.9 Å². The molecule has 1 aliphatic rings. The second kappa shape index (κ2) is 8.04. The molecule has 1 amide bonds. The molecule has 0 saturated carbocycles. The predicted molar refractivity (Wildman–Crippen MR) is 119 cm³/mol. The summed E-state index contributed by atoms with van der Waals surface area (Å²) >= 11 is 0. The summed E-state index contributed by atoms with van der Waals surface area (Å²) < 4.78 is 1.46. The van der Waals surface area contributed by atoms with Crippen LogP contribution in [0.4, 0.5) is 11.4 Å². The van der Waals surface area contributed by atoms with E-state index in [9.17, 15) is 9.59 Å². The number of nitrogens with one attached hydrogen (secondary N) is 3. The first kappa shape index (κ1) is 19.0. The van der Waals surface area contributed by atoms with Crippen LogP contribution in [0.2, 0.25) is 0 Å². The highest BCUT2D eigenvalue weighted by Gasteiger charge is 2.18. The number of hydrogen-bond acceptors (Lipinski definition) is 6. The summed E-state index contributed by atoms with van der Waals surface area (Å²) in [5.41, 5.74) is 2.87. The summed E-state index contributed by atoms with van der Waals surface area (Å²) in [5, 5.41) is 6.25. The highest BCUT2D eigenvalue weighted by atomic mass is 16.2. The van der Waals surface area contributed by atoms with E-state index in [1.54, 1.807) is 30.6 Å². The first-order valence-electron chi connectivity index (χ1n) is 10.1. The number of imidazole rings is 1. The molecule has 1 aromatic carbocycles. The third kappa shape index (κ3) is 3.66. The van der Waals surface area contributed by atoms with Gasteiger partial charge < -0.3 is 20.5 Å². The molecule has 0 atom stereocenters. The summed E-state index contributed by atoms with van der Waals surface area (Å²) in [6, 6.07) is 14.3. The lowest BCUT2D eigenvalue weighted by Crippen LogP contribution is -2.43. The maximum absolute atomic E-state index is 13.0. The van der Waals surface area contributed by atoms with Crippen LogP contribution >= 0.6 is 0 Å². The molecule has 9 heteroatoms. The van der Waals surface area contributed by atoms with Gasteiger partial charge in [-0.25, -0.2) is 14.3 Å². The van der Waals surface area contributed by atoms with Crippen molar-refractivity contribution in [1.82, 2.24) is 24.8 Å². The Kier molecular flexibility index (Phi) is 4.93. The van der Waals surface area contributed by atoms with Crippen molar-refractivity contribution in [3.05, 3.63) is 77.1 Å². The molecule has 0 unspecified atom stereocenters. The minimum absolute atomic E-state index is 0.213. The second-order valence-electron chi connectivity index (χ2n) is 7.25. The fraction of sp³-hybridized carbons (Fsp3) is 0.182. The smallest absolute Gasteiger partial charge is 0.332 e. The van der Waals surface area contributed by atoms with Gasteiger partial charge in [-0.3, -0.25) is 9.78 Å². The molecule has 156 valence electrons. The quantitative estimate of drug-likeness (QED) is 0.469.